The summed E-state index contributed by atoms with van der Waals surface area (Å²) in [5, 5.41) is 2.85. The van der Waals surface area contributed by atoms with Crippen LogP contribution in [0.25, 0.3) is 0 Å². The molecule has 2 aromatic rings. The van der Waals surface area contributed by atoms with E-state index >= 15 is 0 Å². The second-order valence-electron chi connectivity index (χ2n) is 5.24. The van der Waals surface area contributed by atoms with Gasteiger partial charge < -0.3 is 10.1 Å². The van der Waals surface area contributed by atoms with E-state index in [1.807, 2.05) is 18.2 Å². The lowest BCUT2D eigenvalue weighted by atomic mass is 9.97. The van der Waals surface area contributed by atoms with Crippen molar-refractivity contribution < 1.29 is 9.53 Å². The van der Waals surface area contributed by atoms with Crippen molar-refractivity contribution in [2.24, 2.45) is 0 Å². The van der Waals surface area contributed by atoms with Crippen LogP contribution in [-0.4, -0.2) is 12.5 Å². The number of halogens is 1. The minimum atomic E-state index is -0.113. The average molecular weight is 346 g/mol. The molecule has 4 heteroatoms. The molecule has 0 aromatic heterocycles. The van der Waals surface area contributed by atoms with Gasteiger partial charge >= 0.3 is 0 Å². The Morgan fingerprint density at radius 3 is 2.86 bits per heavy atom. The predicted octanol–water partition coefficient (Wildman–Crippen LogP) is 4.12. The van der Waals surface area contributed by atoms with Gasteiger partial charge in [-0.25, -0.2) is 0 Å². The van der Waals surface area contributed by atoms with E-state index in [-0.39, 0.29) is 17.3 Å². The minimum absolute atomic E-state index is 0.0844. The van der Waals surface area contributed by atoms with Gasteiger partial charge in [-0.05, 0) is 48.2 Å². The minimum Gasteiger partial charge on any atom is -0.482 e. The van der Waals surface area contributed by atoms with Crippen LogP contribution in [0.5, 0.6) is 5.75 Å². The van der Waals surface area contributed by atoms with Crippen LogP contribution >= 0.6 is 15.9 Å². The van der Waals surface area contributed by atoms with Crippen LogP contribution in [-0.2, 0) is 4.79 Å². The first kappa shape index (κ1) is 14.1. The van der Waals surface area contributed by atoms with E-state index in [0.29, 0.717) is 0 Å². The summed E-state index contributed by atoms with van der Waals surface area (Å²) in [6, 6.07) is 12.2. The fraction of sp³-hybridized carbons (Fsp3) is 0.235. The molecule has 0 saturated carbocycles. The quantitative estimate of drug-likeness (QED) is 0.831. The van der Waals surface area contributed by atoms with Crippen molar-refractivity contribution in [2.75, 3.05) is 11.9 Å². The van der Waals surface area contributed by atoms with Crippen LogP contribution in [0, 0.1) is 13.8 Å². The molecule has 2 aromatic carbocycles. The summed E-state index contributed by atoms with van der Waals surface area (Å²) in [4.78, 5) is 11.5. The number of benzene rings is 2. The summed E-state index contributed by atoms with van der Waals surface area (Å²) in [6.45, 7) is 4.32. The fourth-order valence-corrected chi connectivity index (χ4v) is 3.27. The van der Waals surface area contributed by atoms with Crippen LogP contribution < -0.4 is 10.1 Å². The van der Waals surface area contributed by atoms with Gasteiger partial charge in [0, 0.05) is 0 Å². The first-order valence-electron chi connectivity index (χ1n) is 6.83. The lowest BCUT2D eigenvalue weighted by Gasteiger charge is -2.21. The molecule has 1 atom stereocenters. The molecule has 108 valence electrons. The Labute approximate surface area is 132 Å². The zero-order chi connectivity index (χ0) is 15.0. The maximum absolute atomic E-state index is 11.4. The van der Waals surface area contributed by atoms with Crippen molar-refractivity contribution in [3.63, 3.8) is 0 Å². The summed E-state index contributed by atoms with van der Waals surface area (Å²) >= 11 is 3.77. The van der Waals surface area contributed by atoms with Crippen LogP contribution in [0.3, 0.4) is 0 Å². The summed E-state index contributed by atoms with van der Waals surface area (Å²) in [5.41, 5.74) is 5.61. The number of alkyl halides is 1. The first-order valence-corrected chi connectivity index (χ1v) is 7.74. The Hall–Kier alpha value is -1.81. The Morgan fingerprint density at radius 1 is 1.24 bits per heavy atom. The topological polar surface area (TPSA) is 38.3 Å². The molecule has 3 rings (SSSR count). The third-order valence-corrected chi connectivity index (χ3v) is 4.87. The van der Waals surface area contributed by atoms with Crippen molar-refractivity contribution >= 4 is 27.5 Å². The Bertz CT molecular complexity index is 712. The van der Waals surface area contributed by atoms with Crippen LogP contribution in [0.15, 0.2) is 36.4 Å². The van der Waals surface area contributed by atoms with Crippen molar-refractivity contribution in [2.45, 2.75) is 18.7 Å². The number of fused-ring (bicyclic) bond motifs is 1. The van der Waals surface area contributed by atoms with Gasteiger partial charge in [0.1, 0.15) is 5.75 Å². The van der Waals surface area contributed by atoms with Crippen LogP contribution in [0.1, 0.15) is 27.1 Å². The number of ether oxygens (including phenoxy) is 1. The Kier molecular flexibility index (Phi) is 3.72. The average Bonchev–Trinajstić information content (AvgIpc) is 2.48. The van der Waals surface area contributed by atoms with Crippen LogP contribution in [0.2, 0.25) is 0 Å². The maximum atomic E-state index is 11.4. The molecule has 3 nitrogen and oxygen atoms in total. The molecule has 0 aliphatic carbocycles. The molecule has 1 N–H and O–H groups in total. The second kappa shape index (κ2) is 5.53. The predicted molar refractivity (Wildman–Crippen MR) is 87.3 cm³/mol. The lowest BCUT2D eigenvalue weighted by molar-refractivity contribution is -0.118. The number of hydrogen-bond acceptors (Lipinski definition) is 2. The van der Waals surface area contributed by atoms with E-state index in [9.17, 15) is 4.79 Å². The molecule has 0 bridgehead atoms. The maximum Gasteiger partial charge on any atom is 0.262 e. The van der Waals surface area contributed by atoms with Gasteiger partial charge in [-0.2, -0.15) is 0 Å². The normalized spacial score (nSPS) is 14.9. The molecule has 1 aliphatic heterocycles. The molecular weight excluding hydrogens is 330 g/mol. The summed E-state index contributed by atoms with van der Waals surface area (Å²) in [5.74, 6) is 0.608. The third-order valence-electron chi connectivity index (χ3n) is 3.85. The molecule has 21 heavy (non-hydrogen) atoms. The molecule has 0 fully saturated rings. The zero-order valence-corrected chi connectivity index (χ0v) is 13.5. The van der Waals surface area contributed by atoms with E-state index in [0.717, 1.165) is 17.0 Å². The van der Waals surface area contributed by atoms with E-state index in [4.69, 9.17) is 4.74 Å². The lowest BCUT2D eigenvalue weighted by Crippen LogP contribution is -2.25. The number of rotatable bonds is 2. The van der Waals surface area contributed by atoms with E-state index in [1.165, 1.54) is 16.7 Å². The van der Waals surface area contributed by atoms with Gasteiger partial charge in [0.2, 0.25) is 0 Å². The van der Waals surface area contributed by atoms with Crippen molar-refractivity contribution in [1.29, 1.82) is 0 Å². The molecule has 0 saturated heterocycles. The molecule has 1 heterocycles. The van der Waals surface area contributed by atoms with Crippen LogP contribution in [0.4, 0.5) is 5.69 Å². The van der Waals surface area contributed by atoms with Crippen molar-refractivity contribution in [1.82, 2.24) is 0 Å². The highest BCUT2D eigenvalue weighted by Crippen LogP contribution is 2.38. The molecule has 1 amide bonds. The standard InChI is InChI=1S/C17H16BrNO2/c1-10-4-3-5-13(11(10)2)17(18)12-6-7-15-14(8-12)19-16(20)9-21-15/h3-8,17H,9H2,1-2H3,(H,19,20). The largest absolute Gasteiger partial charge is 0.482 e. The summed E-state index contributed by atoms with van der Waals surface area (Å²) in [7, 11) is 0. The fourth-order valence-electron chi connectivity index (χ4n) is 2.49. The highest BCUT2D eigenvalue weighted by Gasteiger charge is 2.19. The number of carbonyl (C=O) groups is 1. The first-order chi connectivity index (χ1) is 10.1. The van der Waals surface area contributed by atoms with Crippen molar-refractivity contribution in [3.8, 4) is 5.75 Å². The van der Waals surface area contributed by atoms with Gasteiger partial charge in [-0.1, -0.05) is 40.2 Å². The van der Waals surface area contributed by atoms with Gasteiger partial charge in [-0.15, -0.1) is 0 Å². The number of amides is 1. The number of hydrogen-bond donors (Lipinski definition) is 1. The highest BCUT2D eigenvalue weighted by molar-refractivity contribution is 9.09. The number of carbonyl (C=O) groups excluding carboxylic acids is 1. The summed E-state index contributed by atoms with van der Waals surface area (Å²) < 4.78 is 5.39. The van der Waals surface area contributed by atoms with Crippen molar-refractivity contribution in [3.05, 3.63) is 58.7 Å². The van der Waals surface area contributed by atoms with E-state index in [1.54, 1.807) is 0 Å². The number of nitrogens with one attached hydrogen (secondary N) is 1. The third kappa shape index (κ3) is 2.68. The second-order valence-corrected chi connectivity index (χ2v) is 6.16. The van der Waals surface area contributed by atoms with Gasteiger partial charge in [-0.3, -0.25) is 4.79 Å². The zero-order valence-electron chi connectivity index (χ0n) is 11.9. The highest BCUT2D eigenvalue weighted by atomic mass is 79.9. The Balaban J connectivity index is 1.98. The van der Waals surface area contributed by atoms with Gasteiger partial charge in [0.05, 0.1) is 10.5 Å². The van der Waals surface area contributed by atoms with E-state index < -0.39 is 0 Å². The number of aryl methyl sites for hydroxylation is 1. The molecule has 0 spiro atoms. The SMILES string of the molecule is Cc1cccc(C(Br)c2ccc3c(c2)NC(=O)CO3)c1C. The van der Waals surface area contributed by atoms with E-state index in [2.05, 4.69) is 53.3 Å². The Morgan fingerprint density at radius 2 is 2.05 bits per heavy atom. The van der Waals surface area contributed by atoms with Gasteiger partial charge in [0.15, 0.2) is 6.61 Å². The van der Waals surface area contributed by atoms with Gasteiger partial charge in [0.25, 0.3) is 5.91 Å². The molecular formula is C17H16BrNO2. The molecule has 0 radical (unpaired) electrons. The smallest absolute Gasteiger partial charge is 0.262 e. The monoisotopic (exact) mass is 345 g/mol. The molecule has 1 unspecified atom stereocenters. The summed E-state index contributed by atoms with van der Waals surface area (Å²) in [6.07, 6.45) is 0. The molecule has 1 aliphatic rings. The number of anilines is 1.